The predicted molar refractivity (Wildman–Crippen MR) is 66.2 cm³/mol. The Bertz CT molecular complexity index is 203. The van der Waals surface area contributed by atoms with Gasteiger partial charge in [-0.15, -0.1) is 0 Å². The van der Waals surface area contributed by atoms with E-state index >= 15 is 0 Å². The summed E-state index contributed by atoms with van der Waals surface area (Å²) >= 11 is 0. The fourth-order valence-electron chi connectivity index (χ4n) is 2.29. The molecule has 1 atom stereocenters. The van der Waals surface area contributed by atoms with Gasteiger partial charge in [0.25, 0.3) is 0 Å². The van der Waals surface area contributed by atoms with E-state index in [1.807, 2.05) is 7.05 Å². The van der Waals surface area contributed by atoms with Gasteiger partial charge in [0.1, 0.15) is 0 Å². The zero-order chi connectivity index (χ0) is 11.3. The van der Waals surface area contributed by atoms with Crippen LogP contribution in [0.4, 0.5) is 0 Å². The van der Waals surface area contributed by atoms with E-state index < -0.39 is 0 Å². The molecule has 0 amide bonds. The monoisotopic (exact) mass is 211 g/mol. The van der Waals surface area contributed by atoms with Crippen LogP contribution in [0.1, 0.15) is 12.8 Å². The molecule has 0 aromatic heterocycles. The molecule has 88 valence electrons. The highest BCUT2D eigenvalue weighted by molar-refractivity contribution is 5.00. The second-order valence-electron chi connectivity index (χ2n) is 4.75. The first-order chi connectivity index (χ1) is 7.13. The van der Waals surface area contributed by atoms with Gasteiger partial charge < -0.3 is 10.2 Å². The van der Waals surface area contributed by atoms with Crippen molar-refractivity contribution in [1.29, 1.82) is 0 Å². The highest BCUT2D eigenvalue weighted by Crippen LogP contribution is 2.13. The maximum atomic E-state index is 4.08. The average molecular weight is 211 g/mol. The van der Waals surface area contributed by atoms with Crippen molar-refractivity contribution in [2.45, 2.75) is 18.9 Å². The van der Waals surface area contributed by atoms with Crippen molar-refractivity contribution in [2.75, 3.05) is 47.3 Å². The summed E-state index contributed by atoms with van der Waals surface area (Å²) in [5.41, 5.74) is 1.27. The average Bonchev–Trinajstić information content (AvgIpc) is 2.18. The maximum Gasteiger partial charge on any atom is 0.0223 e. The zero-order valence-corrected chi connectivity index (χ0v) is 10.4. The first kappa shape index (κ1) is 12.7. The summed E-state index contributed by atoms with van der Waals surface area (Å²) < 4.78 is 0. The third-order valence-corrected chi connectivity index (χ3v) is 3.12. The summed E-state index contributed by atoms with van der Waals surface area (Å²) in [7, 11) is 6.40. The van der Waals surface area contributed by atoms with E-state index in [-0.39, 0.29) is 0 Å². The Morgan fingerprint density at radius 3 is 2.93 bits per heavy atom. The Kier molecular flexibility index (Phi) is 5.29. The molecule has 0 aromatic rings. The second-order valence-corrected chi connectivity index (χ2v) is 4.75. The Labute approximate surface area is 94.1 Å². The Morgan fingerprint density at radius 2 is 2.33 bits per heavy atom. The standard InChI is InChI=1S/C12H25N3/c1-11(8-13-2)9-15(4)12-6-5-7-14(3)10-12/h12-13H,1,5-10H2,2-4H3. The topological polar surface area (TPSA) is 18.5 Å². The van der Waals surface area contributed by atoms with E-state index in [9.17, 15) is 0 Å². The lowest BCUT2D eigenvalue weighted by molar-refractivity contribution is 0.142. The molecule has 0 spiro atoms. The van der Waals surface area contributed by atoms with E-state index in [2.05, 4.69) is 35.8 Å². The molecule has 1 saturated heterocycles. The van der Waals surface area contributed by atoms with Crippen LogP contribution >= 0.6 is 0 Å². The Morgan fingerprint density at radius 1 is 1.60 bits per heavy atom. The van der Waals surface area contributed by atoms with Gasteiger partial charge in [-0.3, -0.25) is 4.90 Å². The number of nitrogens with zero attached hydrogens (tertiary/aromatic N) is 2. The molecule has 3 heteroatoms. The van der Waals surface area contributed by atoms with Gasteiger partial charge in [0.15, 0.2) is 0 Å². The smallest absolute Gasteiger partial charge is 0.0223 e. The fraction of sp³-hybridized carbons (Fsp3) is 0.833. The highest BCUT2D eigenvalue weighted by Gasteiger charge is 2.20. The minimum absolute atomic E-state index is 0.706. The number of likely N-dealkylation sites (tertiary alicyclic amines) is 1. The molecule has 1 N–H and O–H groups in total. The molecule has 1 fully saturated rings. The van der Waals surface area contributed by atoms with Gasteiger partial charge in [-0.25, -0.2) is 0 Å². The molecule has 1 rings (SSSR count). The van der Waals surface area contributed by atoms with Crippen molar-refractivity contribution in [3.05, 3.63) is 12.2 Å². The largest absolute Gasteiger partial charge is 0.316 e. The van der Waals surface area contributed by atoms with Gasteiger partial charge in [0, 0.05) is 25.7 Å². The molecule has 0 radical (unpaired) electrons. The molecule has 1 heterocycles. The number of hydrogen-bond donors (Lipinski definition) is 1. The highest BCUT2D eigenvalue weighted by atomic mass is 15.2. The van der Waals surface area contributed by atoms with Crippen molar-refractivity contribution in [1.82, 2.24) is 15.1 Å². The predicted octanol–water partition coefficient (Wildman–Crippen LogP) is 0.788. The minimum Gasteiger partial charge on any atom is -0.316 e. The maximum absolute atomic E-state index is 4.08. The summed E-state index contributed by atoms with van der Waals surface area (Å²) in [5, 5.41) is 3.15. The lowest BCUT2D eigenvalue weighted by atomic mass is 10.0. The van der Waals surface area contributed by atoms with Crippen LogP contribution in [0.25, 0.3) is 0 Å². The van der Waals surface area contributed by atoms with Gasteiger partial charge in [-0.1, -0.05) is 6.58 Å². The van der Waals surface area contributed by atoms with E-state index in [0.29, 0.717) is 6.04 Å². The summed E-state index contributed by atoms with van der Waals surface area (Å²) in [6.07, 6.45) is 2.65. The first-order valence-electron chi connectivity index (χ1n) is 5.83. The Hall–Kier alpha value is -0.380. The molecule has 1 unspecified atom stereocenters. The number of nitrogens with one attached hydrogen (secondary N) is 1. The molecule has 1 aliphatic rings. The molecule has 3 nitrogen and oxygen atoms in total. The summed E-state index contributed by atoms with van der Waals surface area (Å²) in [4.78, 5) is 4.86. The normalized spacial score (nSPS) is 23.3. The van der Waals surface area contributed by atoms with Gasteiger partial charge in [0.2, 0.25) is 0 Å². The minimum atomic E-state index is 0.706. The molecule has 0 bridgehead atoms. The molecular weight excluding hydrogens is 186 g/mol. The van der Waals surface area contributed by atoms with Crippen LogP contribution < -0.4 is 5.32 Å². The molecule has 0 aliphatic carbocycles. The number of piperidine rings is 1. The van der Waals surface area contributed by atoms with Crippen molar-refractivity contribution in [2.24, 2.45) is 0 Å². The van der Waals surface area contributed by atoms with Crippen LogP contribution in [-0.2, 0) is 0 Å². The van der Waals surface area contributed by atoms with Gasteiger partial charge in [-0.2, -0.15) is 0 Å². The van der Waals surface area contributed by atoms with E-state index in [4.69, 9.17) is 0 Å². The number of rotatable bonds is 5. The van der Waals surface area contributed by atoms with Crippen molar-refractivity contribution in [3.8, 4) is 0 Å². The summed E-state index contributed by atoms with van der Waals surface area (Å²) in [6, 6.07) is 0.706. The molecule has 0 saturated carbocycles. The van der Waals surface area contributed by atoms with E-state index in [1.54, 1.807) is 0 Å². The number of likely N-dealkylation sites (N-methyl/N-ethyl adjacent to an activating group) is 3. The van der Waals surface area contributed by atoms with Crippen LogP contribution in [0, 0.1) is 0 Å². The lowest BCUT2D eigenvalue weighted by Crippen LogP contribution is -2.45. The third kappa shape index (κ3) is 4.33. The van der Waals surface area contributed by atoms with Crippen LogP contribution in [0.15, 0.2) is 12.2 Å². The summed E-state index contributed by atoms with van der Waals surface area (Å²) in [5.74, 6) is 0. The molecule has 1 aliphatic heterocycles. The van der Waals surface area contributed by atoms with Gasteiger partial charge in [0.05, 0.1) is 0 Å². The molecule has 15 heavy (non-hydrogen) atoms. The van der Waals surface area contributed by atoms with Gasteiger partial charge >= 0.3 is 0 Å². The van der Waals surface area contributed by atoms with Crippen LogP contribution in [0.2, 0.25) is 0 Å². The summed E-state index contributed by atoms with van der Waals surface area (Å²) in [6.45, 7) is 8.47. The SMILES string of the molecule is C=C(CNC)CN(C)C1CCCN(C)C1. The zero-order valence-electron chi connectivity index (χ0n) is 10.4. The first-order valence-corrected chi connectivity index (χ1v) is 5.83. The molecular formula is C12H25N3. The second kappa shape index (κ2) is 6.26. The van der Waals surface area contributed by atoms with Crippen LogP contribution in [0.5, 0.6) is 0 Å². The van der Waals surface area contributed by atoms with Crippen molar-refractivity contribution < 1.29 is 0 Å². The van der Waals surface area contributed by atoms with Crippen LogP contribution in [-0.4, -0.2) is 63.2 Å². The quantitative estimate of drug-likeness (QED) is 0.678. The fourth-order valence-corrected chi connectivity index (χ4v) is 2.29. The van der Waals surface area contributed by atoms with Crippen LogP contribution in [0.3, 0.4) is 0 Å². The Balaban J connectivity index is 2.32. The van der Waals surface area contributed by atoms with Crippen molar-refractivity contribution in [3.63, 3.8) is 0 Å². The third-order valence-electron chi connectivity index (χ3n) is 3.12. The van der Waals surface area contributed by atoms with Gasteiger partial charge in [-0.05, 0) is 46.1 Å². The van der Waals surface area contributed by atoms with Crippen molar-refractivity contribution >= 4 is 0 Å². The van der Waals surface area contributed by atoms with E-state index in [1.165, 1.54) is 31.5 Å². The molecule has 0 aromatic carbocycles. The number of hydrogen-bond acceptors (Lipinski definition) is 3. The lowest BCUT2D eigenvalue weighted by Gasteiger charge is -2.36. The van der Waals surface area contributed by atoms with E-state index in [0.717, 1.165) is 13.1 Å².